The smallest absolute Gasteiger partial charge is 0.0535 e. The van der Waals surface area contributed by atoms with Gasteiger partial charge < -0.3 is 0 Å². The molecule has 2 aromatic heterocycles. The number of fused-ring (bicyclic) bond motifs is 2. The average Bonchev–Trinajstić information content (AvgIpc) is 2.65. The van der Waals surface area contributed by atoms with Crippen LogP contribution >= 0.6 is 0 Å². The summed E-state index contributed by atoms with van der Waals surface area (Å²) in [6, 6.07) is 17.3. The van der Waals surface area contributed by atoms with Gasteiger partial charge in [-0.05, 0) is 28.8 Å². The molecule has 0 aliphatic heterocycles. The molecule has 0 atom stereocenters. The van der Waals surface area contributed by atoms with E-state index in [2.05, 4.69) is 81.2 Å². The Bertz CT molecular complexity index is 1100. The van der Waals surface area contributed by atoms with Gasteiger partial charge in [0.25, 0.3) is 0 Å². The fraction of sp³-hybridized carbons (Fsp3) is 0.250. The van der Waals surface area contributed by atoms with Crippen LogP contribution in [0, 0.1) is 0 Å². The van der Waals surface area contributed by atoms with Crippen molar-refractivity contribution in [1.82, 2.24) is 9.97 Å². The minimum Gasteiger partial charge on any atom is -0.261 e. The molecule has 4 aromatic rings. The minimum atomic E-state index is 0.00840. The number of benzene rings is 2. The first-order valence-corrected chi connectivity index (χ1v) is 9.25. The standard InChI is InChI=1S/C24H24N2/c1-5-17-13-16-9-8-12-19(21(16)14-25-17)22-15-26-23(24(2,3)4)20-11-7-6-10-18(20)22/h6-15H,5H2,1-4H3. The number of rotatable bonds is 2. The Kier molecular flexibility index (Phi) is 3.99. The molecule has 0 N–H and O–H groups in total. The maximum absolute atomic E-state index is 4.87. The lowest BCUT2D eigenvalue weighted by Crippen LogP contribution is -2.14. The third-order valence-electron chi connectivity index (χ3n) is 4.98. The molecule has 0 bridgehead atoms. The second-order valence-electron chi connectivity index (χ2n) is 7.87. The summed E-state index contributed by atoms with van der Waals surface area (Å²) >= 11 is 0. The Hall–Kier alpha value is -2.74. The van der Waals surface area contributed by atoms with Gasteiger partial charge in [0.1, 0.15) is 0 Å². The summed E-state index contributed by atoms with van der Waals surface area (Å²) < 4.78 is 0. The number of nitrogens with zero attached hydrogens (tertiary/aromatic N) is 2. The van der Waals surface area contributed by atoms with Gasteiger partial charge in [0.2, 0.25) is 0 Å². The van der Waals surface area contributed by atoms with Gasteiger partial charge in [0.05, 0.1) is 5.69 Å². The van der Waals surface area contributed by atoms with E-state index in [0.717, 1.165) is 17.8 Å². The Labute approximate surface area is 154 Å². The molecule has 130 valence electrons. The van der Waals surface area contributed by atoms with E-state index in [1.807, 2.05) is 12.4 Å². The zero-order chi connectivity index (χ0) is 18.3. The van der Waals surface area contributed by atoms with Crippen molar-refractivity contribution in [3.05, 3.63) is 72.3 Å². The van der Waals surface area contributed by atoms with Crippen molar-refractivity contribution in [2.75, 3.05) is 0 Å². The van der Waals surface area contributed by atoms with Crippen LogP contribution in [-0.2, 0) is 11.8 Å². The molecule has 0 unspecified atom stereocenters. The Balaban J connectivity index is 2.03. The molecule has 26 heavy (non-hydrogen) atoms. The van der Waals surface area contributed by atoms with E-state index in [1.165, 1.54) is 32.7 Å². The molecule has 0 radical (unpaired) electrons. The second-order valence-corrected chi connectivity index (χ2v) is 7.87. The first-order chi connectivity index (χ1) is 12.5. The SMILES string of the molecule is CCc1cc2cccc(-c3cnc(C(C)(C)C)c4ccccc34)c2cn1. The molecule has 0 saturated carbocycles. The number of hydrogen-bond donors (Lipinski definition) is 0. The van der Waals surface area contributed by atoms with Crippen molar-refractivity contribution in [3.8, 4) is 11.1 Å². The predicted molar refractivity (Wildman–Crippen MR) is 111 cm³/mol. The molecule has 0 fully saturated rings. The zero-order valence-corrected chi connectivity index (χ0v) is 15.9. The van der Waals surface area contributed by atoms with Crippen LogP contribution in [0.1, 0.15) is 39.1 Å². The van der Waals surface area contributed by atoms with Gasteiger partial charge in [-0.25, -0.2) is 0 Å². The molecule has 2 nitrogen and oxygen atoms in total. The third-order valence-corrected chi connectivity index (χ3v) is 4.98. The Morgan fingerprint density at radius 2 is 1.54 bits per heavy atom. The number of pyridine rings is 2. The minimum absolute atomic E-state index is 0.00840. The lowest BCUT2D eigenvalue weighted by atomic mass is 9.86. The van der Waals surface area contributed by atoms with Gasteiger partial charge in [0.15, 0.2) is 0 Å². The van der Waals surface area contributed by atoms with Crippen molar-refractivity contribution in [2.45, 2.75) is 39.5 Å². The highest BCUT2D eigenvalue weighted by molar-refractivity contribution is 6.05. The highest BCUT2D eigenvalue weighted by Crippen LogP contribution is 2.36. The maximum Gasteiger partial charge on any atom is 0.0535 e. The summed E-state index contributed by atoms with van der Waals surface area (Å²) in [6.07, 6.45) is 4.99. The number of aromatic nitrogens is 2. The van der Waals surface area contributed by atoms with Gasteiger partial charge in [-0.2, -0.15) is 0 Å². The molecule has 2 heterocycles. The van der Waals surface area contributed by atoms with Crippen molar-refractivity contribution in [1.29, 1.82) is 0 Å². The molecule has 4 rings (SSSR count). The molecule has 2 heteroatoms. The first-order valence-electron chi connectivity index (χ1n) is 9.25. The quantitative estimate of drug-likeness (QED) is 0.427. The molecule has 0 spiro atoms. The predicted octanol–water partition coefficient (Wildman–Crippen LogP) is 6.31. The summed E-state index contributed by atoms with van der Waals surface area (Å²) in [5.41, 5.74) is 4.64. The Morgan fingerprint density at radius 3 is 2.27 bits per heavy atom. The van der Waals surface area contributed by atoms with E-state index in [9.17, 15) is 0 Å². The molecule has 0 aliphatic carbocycles. The van der Waals surface area contributed by atoms with Gasteiger partial charge >= 0.3 is 0 Å². The van der Waals surface area contributed by atoms with Gasteiger partial charge in [-0.1, -0.05) is 70.2 Å². The van der Waals surface area contributed by atoms with E-state index in [0.29, 0.717) is 0 Å². The van der Waals surface area contributed by atoms with E-state index >= 15 is 0 Å². The van der Waals surface area contributed by atoms with Crippen LogP contribution in [0.25, 0.3) is 32.7 Å². The van der Waals surface area contributed by atoms with Crippen LogP contribution in [-0.4, -0.2) is 9.97 Å². The fourth-order valence-electron chi connectivity index (χ4n) is 3.65. The van der Waals surface area contributed by atoms with Crippen LogP contribution in [0.15, 0.2) is 60.9 Å². The van der Waals surface area contributed by atoms with Crippen LogP contribution in [0.2, 0.25) is 0 Å². The summed E-state index contributed by atoms with van der Waals surface area (Å²) in [6.45, 7) is 8.79. The molecular weight excluding hydrogens is 316 g/mol. The summed E-state index contributed by atoms with van der Waals surface area (Å²) in [5.74, 6) is 0. The third kappa shape index (κ3) is 2.76. The first kappa shape index (κ1) is 16.7. The van der Waals surface area contributed by atoms with Crippen molar-refractivity contribution in [3.63, 3.8) is 0 Å². The fourth-order valence-corrected chi connectivity index (χ4v) is 3.65. The maximum atomic E-state index is 4.87. The number of hydrogen-bond acceptors (Lipinski definition) is 2. The van der Waals surface area contributed by atoms with E-state index in [4.69, 9.17) is 4.98 Å². The van der Waals surface area contributed by atoms with Crippen molar-refractivity contribution < 1.29 is 0 Å². The normalized spacial score (nSPS) is 12.0. The molecular formula is C24H24N2. The second kappa shape index (κ2) is 6.21. The van der Waals surface area contributed by atoms with Crippen molar-refractivity contribution in [2.24, 2.45) is 0 Å². The topological polar surface area (TPSA) is 25.8 Å². The van der Waals surface area contributed by atoms with Gasteiger partial charge in [0, 0.05) is 39.8 Å². The average molecular weight is 340 g/mol. The largest absolute Gasteiger partial charge is 0.261 e. The Morgan fingerprint density at radius 1 is 0.769 bits per heavy atom. The molecule has 0 saturated heterocycles. The van der Waals surface area contributed by atoms with Crippen LogP contribution in [0.3, 0.4) is 0 Å². The summed E-state index contributed by atoms with van der Waals surface area (Å²) in [7, 11) is 0. The van der Waals surface area contributed by atoms with E-state index < -0.39 is 0 Å². The van der Waals surface area contributed by atoms with E-state index in [-0.39, 0.29) is 5.41 Å². The number of aryl methyl sites for hydroxylation is 1. The molecule has 0 aliphatic rings. The van der Waals surface area contributed by atoms with Crippen LogP contribution in [0.5, 0.6) is 0 Å². The van der Waals surface area contributed by atoms with Gasteiger partial charge in [-0.15, -0.1) is 0 Å². The summed E-state index contributed by atoms with van der Waals surface area (Å²) in [5, 5.41) is 4.89. The monoisotopic (exact) mass is 340 g/mol. The lowest BCUT2D eigenvalue weighted by molar-refractivity contribution is 0.575. The molecule has 0 amide bonds. The van der Waals surface area contributed by atoms with Crippen molar-refractivity contribution >= 4 is 21.5 Å². The lowest BCUT2D eigenvalue weighted by Gasteiger charge is -2.21. The zero-order valence-electron chi connectivity index (χ0n) is 15.9. The van der Waals surface area contributed by atoms with E-state index in [1.54, 1.807) is 0 Å². The molecule has 2 aromatic carbocycles. The van der Waals surface area contributed by atoms with Crippen LogP contribution in [0.4, 0.5) is 0 Å². The highest BCUT2D eigenvalue weighted by Gasteiger charge is 2.20. The highest BCUT2D eigenvalue weighted by atomic mass is 14.7. The summed E-state index contributed by atoms with van der Waals surface area (Å²) in [4.78, 5) is 9.50. The van der Waals surface area contributed by atoms with Gasteiger partial charge in [-0.3, -0.25) is 9.97 Å². The van der Waals surface area contributed by atoms with Crippen LogP contribution < -0.4 is 0 Å².